The highest BCUT2D eigenvalue weighted by molar-refractivity contribution is 5.87. The Balaban J connectivity index is 1.66. The van der Waals surface area contributed by atoms with E-state index < -0.39 is 0 Å². The van der Waals surface area contributed by atoms with Crippen LogP contribution in [0.2, 0.25) is 0 Å². The van der Waals surface area contributed by atoms with E-state index in [9.17, 15) is 4.79 Å². The highest BCUT2D eigenvalue weighted by Gasteiger charge is 2.56. The first-order chi connectivity index (χ1) is 9.76. The van der Waals surface area contributed by atoms with Gasteiger partial charge in [0.05, 0.1) is 0 Å². The number of Topliss-reactive ketones (excluding diaryl/α,β-unsaturated/α-hetero) is 1. The molecule has 0 bridgehead atoms. The van der Waals surface area contributed by atoms with E-state index in [0.29, 0.717) is 5.78 Å². The first-order valence-electron chi connectivity index (χ1n) is 8.98. The molecule has 0 radical (unpaired) electrons. The average molecular weight is 272 g/mol. The zero-order valence-corrected chi connectivity index (χ0v) is 12.9. The molecular formula is C19H28O. The Kier molecular flexibility index (Phi) is 3.09. The van der Waals surface area contributed by atoms with E-state index >= 15 is 0 Å². The number of hydrogen-bond acceptors (Lipinski definition) is 1. The summed E-state index contributed by atoms with van der Waals surface area (Å²) in [4.78, 5) is 12.5. The second-order valence-electron chi connectivity index (χ2n) is 7.81. The third-order valence-corrected chi connectivity index (χ3v) is 7.44. The van der Waals surface area contributed by atoms with Gasteiger partial charge in [0.25, 0.3) is 0 Å². The van der Waals surface area contributed by atoms with Gasteiger partial charge in [-0.25, -0.2) is 0 Å². The number of carbonyl (C=O) groups is 1. The van der Waals surface area contributed by atoms with Gasteiger partial charge in [-0.2, -0.15) is 0 Å². The zero-order valence-electron chi connectivity index (χ0n) is 12.9. The lowest BCUT2D eigenvalue weighted by Crippen LogP contribution is -2.46. The lowest BCUT2D eigenvalue weighted by molar-refractivity contribution is -0.132. The van der Waals surface area contributed by atoms with E-state index in [1.165, 1.54) is 51.4 Å². The highest BCUT2D eigenvalue weighted by atomic mass is 16.1. The summed E-state index contributed by atoms with van der Waals surface area (Å²) in [5.41, 5.74) is 1.90. The molecule has 3 saturated carbocycles. The molecule has 0 aromatic heterocycles. The molecule has 0 saturated heterocycles. The van der Waals surface area contributed by atoms with Crippen molar-refractivity contribution < 1.29 is 4.79 Å². The SMILES string of the molecule is CC[C@]12CC[C@H]3[C@@H](CC=C4CCCC[C@@H]43)[C@@H]1CCC2=O. The van der Waals surface area contributed by atoms with Crippen LogP contribution in [-0.2, 0) is 4.79 Å². The molecule has 0 spiro atoms. The molecule has 0 aromatic rings. The van der Waals surface area contributed by atoms with Gasteiger partial charge < -0.3 is 0 Å². The number of fused-ring (bicyclic) bond motifs is 5. The summed E-state index contributed by atoms with van der Waals surface area (Å²) in [7, 11) is 0. The maximum absolute atomic E-state index is 12.5. The Morgan fingerprint density at radius 3 is 2.90 bits per heavy atom. The Labute approximate surface area is 123 Å². The third-order valence-electron chi connectivity index (χ3n) is 7.44. The molecule has 1 heteroatoms. The van der Waals surface area contributed by atoms with Gasteiger partial charge in [-0.3, -0.25) is 4.79 Å². The minimum Gasteiger partial charge on any atom is -0.299 e. The zero-order chi connectivity index (χ0) is 13.7. The summed E-state index contributed by atoms with van der Waals surface area (Å²) >= 11 is 0. The van der Waals surface area contributed by atoms with Gasteiger partial charge in [-0.1, -0.05) is 25.0 Å². The number of rotatable bonds is 1. The molecule has 3 fully saturated rings. The van der Waals surface area contributed by atoms with E-state index in [0.717, 1.165) is 36.5 Å². The molecule has 0 N–H and O–H groups in total. The summed E-state index contributed by atoms with van der Waals surface area (Å²) in [6.45, 7) is 2.27. The van der Waals surface area contributed by atoms with Crippen LogP contribution in [0.4, 0.5) is 0 Å². The number of ketones is 1. The van der Waals surface area contributed by atoms with Gasteiger partial charge in [0.2, 0.25) is 0 Å². The predicted molar refractivity (Wildman–Crippen MR) is 81.3 cm³/mol. The summed E-state index contributed by atoms with van der Waals surface area (Å²) in [6.07, 6.45) is 15.3. The average Bonchev–Trinajstić information content (AvgIpc) is 2.85. The monoisotopic (exact) mass is 272 g/mol. The van der Waals surface area contributed by atoms with Crippen molar-refractivity contribution >= 4 is 5.78 Å². The van der Waals surface area contributed by atoms with Crippen molar-refractivity contribution in [2.24, 2.45) is 29.1 Å². The molecule has 4 aliphatic carbocycles. The van der Waals surface area contributed by atoms with E-state index in [1.807, 2.05) is 0 Å². The fourth-order valence-corrected chi connectivity index (χ4v) is 6.47. The molecule has 4 aliphatic rings. The maximum atomic E-state index is 12.5. The van der Waals surface area contributed by atoms with Crippen molar-refractivity contribution in [2.75, 3.05) is 0 Å². The largest absolute Gasteiger partial charge is 0.299 e. The van der Waals surface area contributed by atoms with Crippen LogP contribution in [0.15, 0.2) is 11.6 Å². The second-order valence-corrected chi connectivity index (χ2v) is 7.81. The first-order valence-corrected chi connectivity index (χ1v) is 8.98. The molecule has 0 heterocycles. The second kappa shape index (κ2) is 4.71. The van der Waals surface area contributed by atoms with Gasteiger partial charge in [-0.05, 0) is 75.0 Å². The fourth-order valence-electron chi connectivity index (χ4n) is 6.47. The Hall–Kier alpha value is -0.590. The van der Waals surface area contributed by atoms with Crippen LogP contribution >= 0.6 is 0 Å². The summed E-state index contributed by atoms with van der Waals surface area (Å²) in [5, 5.41) is 0. The summed E-state index contributed by atoms with van der Waals surface area (Å²) in [5.74, 6) is 3.99. The van der Waals surface area contributed by atoms with Crippen molar-refractivity contribution in [1.82, 2.24) is 0 Å². The lowest BCUT2D eigenvalue weighted by atomic mass is 9.52. The molecule has 0 aromatic carbocycles. The van der Waals surface area contributed by atoms with Crippen LogP contribution in [0, 0.1) is 29.1 Å². The van der Waals surface area contributed by atoms with Crippen molar-refractivity contribution in [3.63, 3.8) is 0 Å². The first kappa shape index (κ1) is 13.1. The van der Waals surface area contributed by atoms with Crippen LogP contribution in [0.25, 0.3) is 0 Å². The third kappa shape index (κ3) is 1.64. The minimum absolute atomic E-state index is 0.0984. The molecule has 20 heavy (non-hydrogen) atoms. The van der Waals surface area contributed by atoms with Crippen LogP contribution in [-0.4, -0.2) is 5.78 Å². The summed E-state index contributed by atoms with van der Waals surface area (Å²) < 4.78 is 0. The molecule has 1 nitrogen and oxygen atoms in total. The van der Waals surface area contributed by atoms with Crippen LogP contribution in [0.1, 0.15) is 71.1 Å². The van der Waals surface area contributed by atoms with Crippen LogP contribution in [0.5, 0.6) is 0 Å². The topological polar surface area (TPSA) is 17.1 Å². The van der Waals surface area contributed by atoms with E-state index in [2.05, 4.69) is 13.0 Å². The predicted octanol–water partition coefficient (Wildman–Crippen LogP) is 4.91. The molecular weight excluding hydrogens is 244 g/mol. The van der Waals surface area contributed by atoms with Gasteiger partial charge >= 0.3 is 0 Å². The Bertz CT molecular complexity index is 449. The van der Waals surface area contributed by atoms with Crippen molar-refractivity contribution in [3.8, 4) is 0 Å². The smallest absolute Gasteiger partial charge is 0.139 e. The van der Waals surface area contributed by atoms with Crippen molar-refractivity contribution in [3.05, 3.63) is 11.6 Å². The maximum Gasteiger partial charge on any atom is 0.139 e. The van der Waals surface area contributed by atoms with E-state index in [1.54, 1.807) is 5.57 Å². The molecule has 110 valence electrons. The van der Waals surface area contributed by atoms with Gasteiger partial charge in [0.1, 0.15) is 5.78 Å². The Morgan fingerprint density at radius 2 is 2.05 bits per heavy atom. The van der Waals surface area contributed by atoms with Crippen LogP contribution < -0.4 is 0 Å². The van der Waals surface area contributed by atoms with Crippen molar-refractivity contribution in [2.45, 2.75) is 71.1 Å². The normalized spacial score (nSPS) is 47.2. The van der Waals surface area contributed by atoms with Crippen LogP contribution in [0.3, 0.4) is 0 Å². The van der Waals surface area contributed by atoms with E-state index in [4.69, 9.17) is 0 Å². The molecule has 0 aliphatic heterocycles. The molecule has 4 rings (SSSR count). The lowest BCUT2D eigenvalue weighted by Gasteiger charge is -2.52. The number of carbonyl (C=O) groups excluding carboxylic acids is 1. The summed E-state index contributed by atoms with van der Waals surface area (Å²) in [6, 6.07) is 0. The quantitative estimate of drug-likeness (QED) is 0.620. The minimum atomic E-state index is 0.0984. The van der Waals surface area contributed by atoms with Gasteiger partial charge in [-0.15, -0.1) is 0 Å². The molecule has 5 atom stereocenters. The standard InChI is InChI=1S/C19H28O/c1-2-19-12-11-15-14-6-4-3-5-13(14)7-8-16(15)17(19)9-10-18(19)20/h7,14-17H,2-6,8-12H2,1H3/t14-,15+,16+,17-,19-/m0/s1. The molecule has 0 unspecified atom stereocenters. The fraction of sp³-hybridized carbons (Fsp3) is 0.842. The number of allylic oxidation sites excluding steroid dienone is 2. The number of hydrogen-bond donors (Lipinski definition) is 0. The molecule has 0 amide bonds. The van der Waals surface area contributed by atoms with Gasteiger partial charge in [0.15, 0.2) is 0 Å². The highest BCUT2D eigenvalue weighted by Crippen LogP contribution is 2.61. The Morgan fingerprint density at radius 1 is 1.15 bits per heavy atom. The van der Waals surface area contributed by atoms with E-state index in [-0.39, 0.29) is 5.41 Å². The van der Waals surface area contributed by atoms with Gasteiger partial charge in [0, 0.05) is 11.8 Å². The van der Waals surface area contributed by atoms with Crippen molar-refractivity contribution in [1.29, 1.82) is 0 Å².